The minimum Gasteiger partial charge on any atom is -0.326 e. The van der Waals surface area contributed by atoms with Crippen LogP contribution in [0.2, 0.25) is 0 Å². The van der Waals surface area contributed by atoms with E-state index in [1.807, 2.05) is 32.0 Å². The van der Waals surface area contributed by atoms with E-state index in [-0.39, 0.29) is 23.3 Å². The third-order valence-electron chi connectivity index (χ3n) is 5.22. The number of hydrogen-bond acceptors (Lipinski definition) is 3. The molecule has 1 heterocycles. The zero-order valence-corrected chi connectivity index (χ0v) is 16.6. The van der Waals surface area contributed by atoms with Crippen molar-refractivity contribution < 1.29 is 13.2 Å². The summed E-state index contributed by atoms with van der Waals surface area (Å²) in [5.74, 6) is -0.149. The first-order valence-electron chi connectivity index (χ1n) is 9.32. The number of anilines is 1. The molecule has 5 nitrogen and oxygen atoms in total. The summed E-state index contributed by atoms with van der Waals surface area (Å²) in [4.78, 5) is 12.9. The van der Waals surface area contributed by atoms with Gasteiger partial charge in [0, 0.05) is 24.7 Å². The lowest BCUT2D eigenvalue weighted by Crippen LogP contribution is -2.45. The van der Waals surface area contributed by atoms with Gasteiger partial charge in [0.15, 0.2) is 0 Å². The topological polar surface area (TPSA) is 66.5 Å². The number of piperidine rings is 1. The summed E-state index contributed by atoms with van der Waals surface area (Å²) < 4.78 is 27.6. The van der Waals surface area contributed by atoms with Gasteiger partial charge in [-0.05, 0) is 56.0 Å². The minimum absolute atomic E-state index is 0.149. The Labute approximate surface area is 161 Å². The summed E-state index contributed by atoms with van der Waals surface area (Å²) in [6, 6.07) is 13.9. The van der Waals surface area contributed by atoms with Crippen molar-refractivity contribution >= 4 is 21.6 Å². The molecule has 144 valence electrons. The molecule has 1 saturated heterocycles. The van der Waals surface area contributed by atoms with Crippen molar-refractivity contribution in [2.24, 2.45) is 0 Å². The van der Waals surface area contributed by atoms with E-state index in [2.05, 4.69) is 5.32 Å². The van der Waals surface area contributed by atoms with Crippen LogP contribution in [0.1, 0.15) is 36.8 Å². The average molecular weight is 387 g/mol. The second-order valence-electron chi connectivity index (χ2n) is 7.08. The minimum atomic E-state index is -3.59. The second-order valence-corrected chi connectivity index (χ2v) is 8.97. The molecule has 0 radical (unpaired) electrons. The monoisotopic (exact) mass is 386 g/mol. The molecule has 1 fully saturated rings. The fourth-order valence-corrected chi connectivity index (χ4v) is 5.24. The Hall–Kier alpha value is -2.18. The van der Waals surface area contributed by atoms with Crippen LogP contribution in [0.5, 0.6) is 0 Å². The molecule has 1 atom stereocenters. The summed E-state index contributed by atoms with van der Waals surface area (Å²) in [6.07, 6.45) is 2.62. The van der Waals surface area contributed by atoms with Gasteiger partial charge in [0.1, 0.15) is 0 Å². The lowest BCUT2D eigenvalue weighted by Gasteiger charge is -2.34. The number of rotatable bonds is 5. The van der Waals surface area contributed by atoms with E-state index < -0.39 is 10.0 Å². The van der Waals surface area contributed by atoms with Crippen LogP contribution < -0.4 is 5.32 Å². The highest BCUT2D eigenvalue weighted by molar-refractivity contribution is 7.89. The maximum Gasteiger partial charge on any atom is 0.243 e. The highest BCUT2D eigenvalue weighted by Gasteiger charge is 2.34. The van der Waals surface area contributed by atoms with Crippen LogP contribution in [0, 0.1) is 13.8 Å². The van der Waals surface area contributed by atoms with E-state index in [0.29, 0.717) is 13.0 Å². The molecule has 0 aromatic heterocycles. The zero-order chi connectivity index (χ0) is 19.4. The van der Waals surface area contributed by atoms with E-state index in [0.717, 1.165) is 29.7 Å². The van der Waals surface area contributed by atoms with Crippen LogP contribution in [-0.4, -0.2) is 31.2 Å². The van der Waals surface area contributed by atoms with Gasteiger partial charge in [-0.3, -0.25) is 4.79 Å². The SMILES string of the molecule is Cc1cccc(NC(=O)CC2CCCCN2S(=O)(=O)c2ccccc2)c1C. The van der Waals surface area contributed by atoms with Crippen molar-refractivity contribution in [1.82, 2.24) is 4.31 Å². The first-order chi connectivity index (χ1) is 12.9. The van der Waals surface area contributed by atoms with Gasteiger partial charge in [-0.15, -0.1) is 0 Å². The second kappa shape index (κ2) is 8.23. The predicted octanol–water partition coefficient (Wildman–Crippen LogP) is 3.88. The molecule has 2 aromatic carbocycles. The molecule has 0 bridgehead atoms. The summed E-state index contributed by atoms with van der Waals surface area (Å²) in [7, 11) is -3.59. The molecule has 6 heteroatoms. The van der Waals surface area contributed by atoms with Crippen molar-refractivity contribution in [2.45, 2.75) is 50.5 Å². The fraction of sp³-hybridized carbons (Fsp3) is 0.381. The standard InChI is InChI=1S/C21H26N2O3S/c1-16-9-8-13-20(17(16)2)22-21(24)15-18-10-6-7-14-23(18)27(25,26)19-11-4-3-5-12-19/h3-5,8-9,11-13,18H,6-7,10,14-15H2,1-2H3,(H,22,24). The third kappa shape index (κ3) is 4.39. The van der Waals surface area contributed by atoms with Gasteiger partial charge < -0.3 is 5.32 Å². The maximum absolute atomic E-state index is 13.0. The van der Waals surface area contributed by atoms with Crippen LogP contribution in [0.25, 0.3) is 0 Å². The lowest BCUT2D eigenvalue weighted by molar-refractivity contribution is -0.117. The average Bonchev–Trinajstić information content (AvgIpc) is 2.66. The van der Waals surface area contributed by atoms with Crippen molar-refractivity contribution in [3.05, 3.63) is 59.7 Å². The zero-order valence-electron chi connectivity index (χ0n) is 15.8. The van der Waals surface area contributed by atoms with Crippen LogP contribution in [0.15, 0.2) is 53.4 Å². The molecule has 1 N–H and O–H groups in total. The number of nitrogens with zero attached hydrogens (tertiary/aromatic N) is 1. The first-order valence-corrected chi connectivity index (χ1v) is 10.8. The van der Waals surface area contributed by atoms with Crippen LogP contribution >= 0.6 is 0 Å². The van der Waals surface area contributed by atoms with Gasteiger partial charge in [0.25, 0.3) is 0 Å². The highest BCUT2D eigenvalue weighted by Crippen LogP contribution is 2.27. The molecule has 3 rings (SSSR count). The Balaban J connectivity index is 1.76. The number of sulfonamides is 1. The van der Waals surface area contributed by atoms with Crippen molar-refractivity contribution in [1.29, 1.82) is 0 Å². The molecular weight excluding hydrogens is 360 g/mol. The first kappa shape index (κ1) is 19.6. The van der Waals surface area contributed by atoms with Crippen LogP contribution in [0.4, 0.5) is 5.69 Å². The van der Waals surface area contributed by atoms with E-state index in [4.69, 9.17) is 0 Å². The number of benzene rings is 2. The number of amides is 1. The third-order valence-corrected chi connectivity index (χ3v) is 7.19. The van der Waals surface area contributed by atoms with E-state index in [1.165, 1.54) is 4.31 Å². The molecule has 2 aromatic rings. The number of hydrogen-bond donors (Lipinski definition) is 1. The van der Waals surface area contributed by atoms with Gasteiger partial charge in [0.05, 0.1) is 4.90 Å². The van der Waals surface area contributed by atoms with Crippen LogP contribution in [0.3, 0.4) is 0 Å². The molecule has 1 aliphatic rings. The Morgan fingerprint density at radius 2 is 1.81 bits per heavy atom. The lowest BCUT2D eigenvalue weighted by atomic mass is 10.0. The highest BCUT2D eigenvalue weighted by atomic mass is 32.2. The van der Waals surface area contributed by atoms with E-state index in [9.17, 15) is 13.2 Å². The summed E-state index contributed by atoms with van der Waals surface area (Å²) in [5.41, 5.74) is 2.93. The van der Waals surface area contributed by atoms with Gasteiger partial charge >= 0.3 is 0 Å². The number of carbonyl (C=O) groups is 1. The van der Waals surface area contributed by atoms with Crippen molar-refractivity contribution in [3.63, 3.8) is 0 Å². The predicted molar refractivity (Wildman–Crippen MR) is 107 cm³/mol. The summed E-state index contributed by atoms with van der Waals surface area (Å²) >= 11 is 0. The maximum atomic E-state index is 13.0. The Kier molecular flexibility index (Phi) is 5.97. The van der Waals surface area contributed by atoms with Gasteiger partial charge in [0.2, 0.25) is 15.9 Å². The Morgan fingerprint density at radius 3 is 2.56 bits per heavy atom. The normalized spacial score (nSPS) is 18.2. The molecule has 0 aliphatic carbocycles. The molecule has 0 saturated carbocycles. The Bertz CT molecular complexity index is 910. The van der Waals surface area contributed by atoms with Crippen LogP contribution in [-0.2, 0) is 14.8 Å². The van der Waals surface area contributed by atoms with E-state index >= 15 is 0 Å². The smallest absolute Gasteiger partial charge is 0.243 e. The summed E-state index contributed by atoms with van der Waals surface area (Å²) in [6.45, 7) is 4.43. The Morgan fingerprint density at radius 1 is 1.07 bits per heavy atom. The molecule has 1 amide bonds. The quantitative estimate of drug-likeness (QED) is 0.848. The molecular formula is C21H26N2O3S. The van der Waals surface area contributed by atoms with Gasteiger partial charge in [-0.2, -0.15) is 4.31 Å². The van der Waals surface area contributed by atoms with Crippen molar-refractivity contribution in [3.8, 4) is 0 Å². The van der Waals surface area contributed by atoms with E-state index in [1.54, 1.807) is 30.3 Å². The number of aryl methyl sites for hydroxylation is 1. The number of carbonyl (C=O) groups excluding carboxylic acids is 1. The fourth-order valence-electron chi connectivity index (χ4n) is 3.52. The molecule has 27 heavy (non-hydrogen) atoms. The van der Waals surface area contributed by atoms with Crippen molar-refractivity contribution in [2.75, 3.05) is 11.9 Å². The van der Waals surface area contributed by atoms with Gasteiger partial charge in [-0.1, -0.05) is 36.8 Å². The number of nitrogens with one attached hydrogen (secondary N) is 1. The molecule has 1 unspecified atom stereocenters. The molecule has 0 spiro atoms. The largest absolute Gasteiger partial charge is 0.326 e. The molecule has 1 aliphatic heterocycles. The summed E-state index contributed by atoms with van der Waals surface area (Å²) in [5, 5.41) is 2.95. The van der Waals surface area contributed by atoms with Gasteiger partial charge in [-0.25, -0.2) is 8.42 Å².